The largest absolute Gasteiger partial charge is 0.478 e. The predicted octanol–water partition coefficient (Wildman–Crippen LogP) is 2.22. The molecule has 0 bridgehead atoms. The fourth-order valence-electron chi connectivity index (χ4n) is 1.59. The second-order valence-corrected chi connectivity index (χ2v) is 4.60. The average Bonchev–Trinajstić information content (AvgIpc) is 2.85. The molecule has 0 fully saturated rings. The van der Waals surface area contributed by atoms with E-state index in [1.54, 1.807) is 5.51 Å². The maximum absolute atomic E-state index is 13.5. The molecule has 0 aliphatic carbocycles. The highest BCUT2D eigenvalue weighted by Crippen LogP contribution is 2.23. The van der Waals surface area contributed by atoms with Crippen molar-refractivity contribution in [2.24, 2.45) is 0 Å². The van der Waals surface area contributed by atoms with E-state index < -0.39 is 17.3 Å². The number of aromatic nitrogens is 1. The lowest BCUT2D eigenvalue weighted by molar-refractivity contribution is 0.0692. The molecule has 0 saturated carbocycles. The van der Waals surface area contributed by atoms with Crippen LogP contribution in [0.4, 0.5) is 15.8 Å². The van der Waals surface area contributed by atoms with Gasteiger partial charge in [-0.1, -0.05) is 0 Å². The zero-order valence-electron chi connectivity index (χ0n) is 9.89. The quantitative estimate of drug-likeness (QED) is 0.731. The first-order valence-corrected chi connectivity index (χ1v) is 6.45. The van der Waals surface area contributed by atoms with E-state index in [0.717, 1.165) is 17.8 Å². The van der Waals surface area contributed by atoms with Gasteiger partial charge in [0.25, 0.3) is 0 Å². The zero-order valence-corrected chi connectivity index (χ0v) is 10.7. The molecule has 5 nitrogen and oxygen atoms in total. The molecule has 0 atom stereocenters. The summed E-state index contributed by atoms with van der Waals surface area (Å²) in [5, 5.41) is 13.7. The fraction of sp³-hybridized carbons (Fsp3) is 0.167. The van der Waals surface area contributed by atoms with Crippen molar-refractivity contribution in [3.8, 4) is 0 Å². The van der Waals surface area contributed by atoms with E-state index in [4.69, 9.17) is 10.8 Å². The minimum Gasteiger partial charge on any atom is -0.478 e. The van der Waals surface area contributed by atoms with Crippen LogP contribution >= 0.6 is 11.3 Å². The van der Waals surface area contributed by atoms with Gasteiger partial charge in [-0.3, -0.25) is 0 Å². The predicted molar refractivity (Wildman–Crippen MR) is 72.1 cm³/mol. The van der Waals surface area contributed by atoms with Gasteiger partial charge >= 0.3 is 5.97 Å². The Bertz CT molecular complexity index is 587. The number of nitrogens with one attached hydrogen (secondary N) is 1. The van der Waals surface area contributed by atoms with Crippen molar-refractivity contribution in [3.63, 3.8) is 0 Å². The number of carboxylic acids is 1. The Labute approximate surface area is 112 Å². The van der Waals surface area contributed by atoms with Crippen LogP contribution in [0.1, 0.15) is 16.1 Å². The third-order valence-corrected chi connectivity index (χ3v) is 3.18. The Hall–Kier alpha value is -2.15. The lowest BCUT2D eigenvalue weighted by Gasteiger charge is -2.10. The van der Waals surface area contributed by atoms with Crippen LogP contribution in [0, 0.1) is 5.82 Å². The molecule has 0 unspecified atom stereocenters. The van der Waals surface area contributed by atoms with Gasteiger partial charge in [0.2, 0.25) is 0 Å². The molecule has 2 rings (SSSR count). The summed E-state index contributed by atoms with van der Waals surface area (Å²) in [6.07, 6.45) is 0.686. The van der Waals surface area contributed by atoms with Crippen LogP contribution in [0.15, 0.2) is 23.0 Å². The van der Waals surface area contributed by atoms with Gasteiger partial charge in [-0.05, 0) is 12.1 Å². The summed E-state index contributed by atoms with van der Waals surface area (Å²) in [5.41, 5.74) is 8.53. The van der Waals surface area contributed by atoms with Crippen LogP contribution in [0.2, 0.25) is 0 Å². The number of carboxylic acid groups (broad SMARTS) is 1. The maximum Gasteiger partial charge on any atom is 0.338 e. The van der Waals surface area contributed by atoms with Crippen LogP contribution in [0.5, 0.6) is 0 Å². The molecule has 0 radical (unpaired) electrons. The first-order chi connectivity index (χ1) is 9.08. The van der Waals surface area contributed by atoms with Crippen molar-refractivity contribution in [2.45, 2.75) is 6.42 Å². The van der Waals surface area contributed by atoms with E-state index in [0.29, 0.717) is 18.7 Å². The lowest BCUT2D eigenvalue weighted by Crippen LogP contribution is -2.09. The van der Waals surface area contributed by atoms with E-state index in [1.807, 2.05) is 5.38 Å². The molecule has 1 aromatic heterocycles. The molecule has 2 aromatic rings. The van der Waals surface area contributed by atoms with Gasteiger partial charge in [0.05, 0.1) is 28.1 Å². The molecule has 1 aromatic carbocycles. The van der Waals surface area contributed by atoms with Crippen LogP contribution in [0.25, 0.3) is 0 Å². The second kappa shape index (κ2) is 5.66. The van der Waals surface area contributed by atoms with Crippen molar-refractivity contribution >= 4 is 28.7 Å². The highest BCUT2D eigenvalue weighted by Gasteiger charge is 2.13. The molecule has 0 saturated heterocycles. The van der Waals surface area contributed by atoms with Crippen LogP contribution in [-0.2, 0) is 6.42 Å². The molecule has 100 valence electrons. The molecule has 4 N–H and O–H groups in total. The molecule has 0 aliphatic heterocycles. The highest BCUT2D eigenvalue weighted by molar-refractivity contribution is 7.07. The third kappa shape index (κ3) is 3.19. The maximum atomic E-state index is 13.5. The first-order valence-electron chi connectivity index (χ1n) is 5.51. The number of thiazole rings is 1. The summed E-state index contributed by atoms with van der Waals surface area (Å²) < 4.78 is 13.5. The highest BCUT2D eigenvalue weighted by atomic mass is 32.1. The average molecular weight is 281 g/mol. The summed E-state index contributed by atoms with van der Waals surface area (Å²) in [6, 6.07) is 2.21. The number of halogens is 1. The van der Waals surface area contributed by atoms with Crippen molar-refractivity contribution in [1.82, 2.24) is 4.98 Å². The standard InChI is InChI=1S/C12H12FN3O2S/c13-9-4-11(10(14)3-8(9)12(17)18)15-2-1-7-5-19-6-16-7/h3-6,15H,1-2,14H2,(H,17,18). The van der Waals surface area contributed by atoms with E-state index >= 15 is 0 Å². The summed E-state index contributed by atoms with van der Waals surface area (Å²) >= 11 is 1.51. The lowest BCUT2D eigenvalue weighted by atomic mass is 10.1. The Balaban J connectivity index is 2.04. The first kappa shape index (κ1) is 13.3. The molecule has 0 aliphatic rings. The van der Waals surface area contributed by atoms with Crippen molar-refractivity contribution in [2.75, 3.05) is 17.6 Å². The number of nitrogen functional groups attached to an aromatic ring is 1. The molecule has 0 spiro atoms. The number of benzene rings is 1. The number of anilines is 2. The summed E-state index contributed by atoms with van der Waals surface area (Å²) in [7, 11) is 0. The van der Waals surface area contributed by atoms with Crippen molar-refractivity contribution < 1.29 is 14.3 Å². The monoisotopic (exact) mass is 281 g/mol. The van der Waals surface area contributed by atoms with Gasteiger partial charge in [0.1, 0.15) is 5.82 Å². The smallest absolute Gasteiger partial charge is 0.338 e. The van der Waals surface area contributed by atoms with Gasteiger partial charge < -0.3 is 16.2 Å². The number of hydrogen-bond acceptors (Lipinski definition) is 5. The second-order valence-electron chi connectivity index (χ2n) is 3.88. The number of hydrogen-bond donors (Lipinski definition) is 3. The Kier molecular flexibility index (Phi) is 3.96. The Morgan fingerprint density at radius 3 is 2.95 bits per heavy atom. The van der Waals surface area contributed by atoms with E-state index in [1.165, 1.54) is 11.3 Å². The summed E-state index contributed by atoms with van der Waals surface area (Å²) in [6.45, 7) is 0.541. The SMILES string of the molecule is Nc1cc(C(=O)O)c(F)cc1NCCc1cscn1. The normalized spacial score (nSPS) is 10.4. The number of carbonyl (C=O) groups is 1. The molecule has 19 heavy (non-hydrogen) atoms. The molecule has 0 amide bonds. The van der Waals surface area contributed by atoms with Gasteiger partial charge in [-0.2, -0.15) is 0 Å². The minimum atomic E-state index is -1.33. The van der Waals surface area contributed by atoms with Gasteiger partial charge in [0.15, 0.2) is 0 Å². The number of nitrogens with two attached hydrogens (primary N) is 1. The van der Waals surface area contributed by atoms with E-state index in [9.17, 15) is 9.18 Å². The number of rotatable bonds is 5. The van der Waals surface area contributed by atoms with Crippen LogP contribution in [0.3, 0.4) is 0 Å². The Morgan fingerprint density at radius 2 is 2.32 bits per heavy atom. The van der Waals surface area contributed by atoms with Gasteiger partial charge in [-0.15, -0.1) is 11.3 Å². The van der Waals surface area contributed by atoms with Gasteiger partial charge in [-0.25, -0.2) is 14.2 Å². The summed E-state index contributed by atoms with van der Waals surface area (Å²) in [4.78, 5) is 14.9. The summed E-state index contributed by atoms with van der Waals surface area (Å²) in [5.74, 6) is -2.14. The van der Waals surface area contributed by atoms with Gasteiger partial charge in [0, 0.05) is 18.3 Å². The number of nitrogens with zero attached hydrogens (tertiary/aromatic N) is 1. The number of aromatic carboxylic acids is 1. The zero-order chi connectivity index (χ0) is 13.8. The third-order valence-electron chi connectivity index (χ3n) is 2.55. The fourth-order valence-corrected chi connectivity index (χ4v) is 2.19. The van der Waals surface area contributed by atoms with E-state index in [2.05, 4.69) is 10.3 Å². The minimum absolute atomic E-state index is 0.206. The molecular formula is C12H12FN3O2S. The van der Waals surface area contributed by atoms with Crippen LogP contribution < -0.4 is 11.1 Å². The Morgan fingerprint density at radius 1 is 1.53 bits per heavy atom. The molecule has 7 heteroatoms. The molecular weight excluding hydrogens is 269 g/mol. The van der Waals surface area contributed by atoms with E-state index in [-0.39, 0.29) is 5.69 Å². The molecule has 1 heterocycles. The van der Waals surface area contributed by atoms with Crippen LogP contribution in [-0.4, -0.2) is 22.6 Å². The topological polar surface area (TPSA) is 88.2 Å². The van der Waals surface area contributed by atoms with Crippen molar-refractivity contribution in [1.29, 1.82) is 0 Å². The van der Waals surface area contributed by atoms with Crippen molar-refractivity contribution in [3.05, 3.63) is 40.1 Å².